The number of methoxy groups -OCH3 is 1. The third-order valence-electron chi connectivity index (χ3n) is 7.61. The summed E-state index contributed by atoms with van der Waals surface area (Å²) < 4.78 is 24.5. The monoisotopic (exact) mass is 502 g/mol. The van der Waals surface area contributed by atoms with Gasteiger partial charge in [-0.15, -0.1) is 0 Å². The van der Waals surface area contributed by atoms with Gasteiger partial charge in [0.15, 0.2) is 0 Å². The summed E-state index contributed by atoms with van der Waals surface area (Å²) in [6, 6.07) is 23.8. The molecule has 2 heterocycles. The van der Waals surface area contributed by atoms with Crippen molar-refractivity contribution in [1.29, 1.82) is 0 Å². The van der Waals surface area contributed by atoms with Crippen molar-refractivity contribution in [1.82, 2.24) is 0 Å². The minimum absolute atomic E-state index is 0.0986. The summed E-state index contributed by atoms with van der Waals surface area (Å²) in [5, 5.41) is 10.1. The number of aryl methyl sites for hydroxylation is 1. The molecular weight excluding hydrogens is 468 g/mol. The first kappa shape index (κ1) is 25.2. The number of hydrogen-bond donors (Lipinski definition) is 1. The van der Waals surface area contributed by atoms with Crippen LogP contribution in [0.3, 0.4) is 0 Å². The van der Waals surface area contributed by atoms with Crippen LogP contribution in [0.1, 0.15) is 49.5 Å². The van der Waals surface area contributed by atoms with E-state index >= 15 is 0 Å². The van der Waals surface area contributed by atoms with E-state index in [9.17, 15) is 9.90 Å². The molecule has 6 heteroatoms. The minimum atomic E-state index is -0.823. The Morgan fingerprint density at radius 3 is 2.54 bits per heavy atom. The number of carbonyl (C=O) groups is 1. The molecule has 3 aromatic carbocycles. The van der Waals surface area contributed by atoms with E-state index in [4.69, 9.17) is 18.9 Å². The van der Waals surface area contributed by atoms with Gasteiger partial charge in [0, 0.05) is 11.5 Å². The quantitative estimate of drug-likeness (QED) is 0.394. The zero-order valence-corrected chi connectivity index (χ0v) is 21.6. The van der Waals surface area contributed by atoms with Gasteiger partial charge >= 0.3 is 5.97 Å². The molecule has 37 heavy (non-hydrogen) atoms. The Hall–Kier alpha value is -3.51. The molecule has 5 rings (SSSR count). The molecule has 0 spiro atoms. The molecule has 194 valence electrons. The van der Waals surface area contributed by atoms with Crippen LogP contribution in [-0.4, -0.2) is 29.9 Å². The van der Waals surface area contributed by atoms with Crippen LogP contribution in [0.25, 0.3) is 0 Å². The normalized spacial score (nSPS) is 23.8. The predicted octanol–water partition coefficient (Wildman–Crippen LogP) is 6.23. The number of aliphatic carboxylic acids is 1. The molecule has 0 aromatic heterocycles. The van der Waals surface area contributed by atoms with Crippen LogP contribution in [-0.2, 0) is 22.6 Å². The summed E-state index contributed by atoms with van der Waals surface area (Å²) in [6.45, 7) is 4.50. The van der Waals surface area contributed by atoms with Gasteiger partial charge in [0.05, 0.1) is 25.2 Å². The van der Waals surface area contributed by atoms with Crippen molar-refractivity contribution < 1.29 is 28.8 Å². The van der Waals surface area contributed by atoms with E-state index in [1.54, 1.807) is 7.11 Å². The molecular formula is C31H34O6. The van der Waals surface area contributed by atoms with Crippen LogP contribution in [0.4, 0.5) is 0 Å². The highest BCUT2D eigenvalue weighted by molar-refractivity contribution is 5.71. The third-order valence-corrected chi connectivity index (χ3v) is 7.61. The van der Waals surface area contributed by atoms with Crippen LogP contribution in [0.5, 0.6) is 17.2 Å². The van der Waals surface area contributed by atoms with E-state index in [2.05, 4.69) is 0 Å². The maximum Gasteiger partial charge on any atom is 0.309 e. The van der Waals surface area contributed by atoms with E-state index in [1.165, 1.54) is 0 Å². The van der Waals surface area contributed by atoms with Gasteiger partial charge in [-0.1, -0.05) is 42.5 Å². The highest BCUT2D eigenvalue weighted by Gasteiger charge is 2.52. The van der Waals surface area contributed by atoms with Gasteiger partial charge < -0.3 is 24.1 Å². The van der Waals surface area contributed by atoms with Crippen LogP contribution in [0.15, 0.2) is 72.8 Å². The molecule has 0 amide bonds. The lowest BCUT2D eigenvalue weighted by Gasteiger charge is -2.50. The second-order valence-corrected chi connectivity index (χ2v) is 10.5. The summed E-state index contributed by atoms with van der Waals surface area (Å²) in [4.78, 5) is 12.3. The van der Waals surface area contributed by atoms with Gasteiger partial charge in [0.1, 0.15) is 29.5 Å². The average Bonchev–Trinajstić information content (AvgIpc) is 2.91. The first-order chi connectivity index (χ1) is 17.8. The van der Waals surface area contributed by atoms with Crippen LogP contribution >= 0.6 is 0 Å². The highest BCUT2D eigenvalue weighted by atomic mass is 16.5. The van der Waals surface area contributed by atoms with Crippen LogP contribution in [0, 0.1) is 11.8 Å². The van der Waals surface area contributed by atoms with Crippen molar-refractivity contribution in [2.75, 3.05) is 7.11 Å². The number of rotatable bonds is 8. The number of carboxylic acid groups (broad SMARTS) is 1. The summed E-state index contributed by atoms with van der Waals surface area (Å²) >= 11 is 0. The Morgan fingerprint density at radius 2 is 1.78 bits per heavy atom. The standard InChI is InChI=1S/C31H34O6/c1-31(2)26-18-25(30(32)33)27(14-12-20-10-7-11-22(16-20)34-3)36-29(26)24-17-23(13-15-28(24)37-31)35-19-21-8-5-4-6-9-21/h4-11,13,15-17,25-27,29H,12,14,18-19H2,1-3H3,(H,32,33)/t25-,26-,27-,29+/m0/s1. The van der Waals surface area contributed by atoms with E-state index in [-0.39, 0.29) is 12.0 Å². The van der Waals surface area contributed by atoms with Gasteiger partial charge in [-0.05, 0) is 74.6 Å². The Labute approximate surface area is 218 Å². The maximum atomic E-state index is 12.3. The predicted molar refractivity (Wildman–Crippen MR) is 140 cm³/mol. The molecule has 0 aliphatic carbocycles. The lowest BCUT2D eigenvalue weighted by molar-refractivity contribution is -0.188. The topological polar surface area (TPSA) is 74.2 Å². The molecule has 1 saturated heterocycles. The molecule has 6 nitrogen and oxygen atoms in total. The van der Waals surface area contributed by atoms with Crippen molar-refractivity contribution >= 4 is 5.97 Å². The molecule has 1 fully saturated rings. The summed E-state index contributed by atoms with van der Waals surface area (Å²) in [5.41, 5.74) is 2.55. The van der Waals surface area contributed by atoms with Gasteiger partial charge in [-0.3, -0.25) is 4.79 Å². The zero-order chi connectivity index (χ0) is 26.0. The van der Waals surface area contributed by atoms with E-state index in [1.807, 2.05) is 86.6 Å². The number of fused-ring (bicyclic) bond motifs is 3. The van der Waals surface area contributed by atoms with Crippen LogP contribution in [0.2, 0.25) is 0 Å². The molecule has 1 N–H and O–H groups in total. The highest BCUT2D eigenvalue weighted by Crippen LogP contribution is 2.53. The Morgan fingerprint density at radius 1 is 1.00 bits per heavy atom. The van der Waals surface area contributed by atoms with Gasteiger partial charge in [-0.2, -0.15) is 0 Å². The Kier molecular flexibility index (Phi) is 7.11. The van der Waals surface area contributed by atoms with Crippen molar-refractivity contribution in [3.8, 4) is 17.2 Å². The third kappa shape index (κ3) is 5.44. The molecule has 0 bridgehead atoms. The largest absolute Gasteiger partial charge is 0.497 e. The van der Waals surface area contributed by atoms with Gasteiger partial charge in [-0.25, -0.2) is 0 Å². The number of benzene rings is 3. The lowest BCUT2D eigenvalue weighted by atomic mass is 9.71. The fraction of sp³-hybridized carbons (Fsp3) is 0.387. The molecule has 4 atom stereocenters. The first-order valence-electron chi connectivity index (χ1n) is 12.8. The van der Waals surface area contributed by atoms with E-state index < -0.39 is 23.6 Å². The smallest absolute Gasteiger partial charge is 0.309 e. The molecule has 0 unspecified atom stereocenters. The molecule has 0 radical (unpaired) electrons. The fourth-order valence-electron chi connectivity index (χ4n) is 5.56. The second-order valence-electron chi connectivity index (χ2n) is 10.5. The van der Waals surface area contributed by atoms with E-state index in [0.29, 0.717) is 25.9 Å². The summed E-state index contributed by atoms with van der Waals surface area (Å²) in [7, 11) is 1.64. The van der Waals surface area contributed by atoms with Crippen molar-refractivity contribution in [2.45, 2.75) is 57.5 Å². The van der Waals surface area contributed by atoms with Crippen molar-refractivity contribution in [3.05, 3.63) is 89.5 Å². The number of carboxylic acids is 1. The summed E-state index contributed by atoms with van der Waals surface area (Å²) in [6.07, 6.45) is 1.11. The zero-order valence-electron chi connectivity index (χ0n) is 21.6. The SMILES string of the molecule is COc1cccc(CC[C@@H]2O[C@@H]3c4cc(OCc5ccccc5)ccc4OC(C)(C)[C@H]3C[C@@H]2C(=O)O)c1. The Bertz CT molecular complexity index is 1240. The van der Waals surface area contributed by atoms with Gasteiger partial charge in [0.2, 0.25) is 0 Å². The van der Waals surface area contributed by atoms with Crippen molar-refractivity contribution in [2.24, 2.45) is 11.8 Å². The molecule has 2 aliphatic heterocycles. The lowest BCUT2D eigenvalue weighted by Crippen LogP contribution is -2.52. The molecule has 2 aliphatic rings. The molecule has 0 saturated carbocycles. The fourth-order valence-corrected chi connectivity index (χ4v) is 5.56. The number of hydrogen-bond acceptors (Lipinski definition) is 5. The van der Waals surface area contributed by atoms with Gasteiger partial charge in [0.25, 0.3) is 0 Å². The second kappa shape index (κ2) is 10.5. The summed E-state index contributed by atoms with van der Waals surface area (Å²) in [5.74, 6) is 0.767. The maximum absolute atomic E-state index is 12.3. The minimum Gasteiger partial charge on any atom is -0.497 e. The van der Waals surface area contributed by atoms with E-state index in [0.717, 1.165) is 33.9 Å². The average molecular weight is 503 g/mol. The number of ether oxygens (including phenoxy) is 4. The molecule has 3 aromatic rings. The first-order valence-corrected chi connectivity index (χ1v) is 12.8. The van der Waals surface area contributed by atoms with Crippen LogP contribution < -0.4 is 14.2 Å². The Balaban J connectivity index is 1.39. The van der Waals surface area contributed by atoms with Crippen molar-refractivity contribution in [3.63, 3.8) is 0 Å².